The number of ether oxygens (including phenoxy) is 2. The Bertz CT molecular complexity index is 735. The van der Waals surface area contributed by atoms with Gasteiger partial charge in [0.05, 0.1) is 7.11 Å². The summed E-state index contributed by atoms with van der Waals surface area (Å²) < 4.78 is 18.4. The van der Waals surface area contributed by atoms with Crippen LogP contribution in [0.25, 0.3) is 0 Å². The Balaban J connectivity index is 2.09. The van der Waals surface area contributed by atoms with Gasteiger partial charge in [0.25, 0.3) is 0 Å². The lowest BCUT2D eigenvalue weighted by Gasteiger charge is -2.53. The normalized spacial score (nSPS) is 28.0. The molecule has 1 aromatic carbocycles. The van der Waals surface area contributed by atoms with Crippen molar-refractivity contribution < 1.29 is 18.7 Å². The van der Waals surface area contributed by atoms with Crippen LogP contribution in [-0.4, -0.2) is 27.2 Å². The number of benzene rings is 1. The van der Waals surface area contributed by atoms with E-state index in [2.05, 4.69) is 58.1 Å². The molecule has 1 saturated carbocycles. The predicted molar refractivity (Wildman–Crippen MR) is 113 cm³/mol. The zero-order chi connectivity index (χ0) is 20.6. The lowest BCUT2D eigenvalue weighted by molar-refractivity contribution is -0.232. The van der Waals surface area contributed by atoms with Crippen LogP contribution in [0.3, 0.4) is 0 Å². The molecule has 1 aromatic rings. The van der Waals surface area contributed by atoms with Crippen LogP contribution < -0.4 is 0 Å². The summed E-state index contributed by atoms with van der Waals surface area (Å²) in [4.78, 5) is 12.5. The molecule has 0 amide bonds. The molecule has 28 heavy (non-hydrogen) atoms. The van der Waals surface area contributed by atoms with Gasteiger partial charge in [-0.3, -0.25) is 0 Å². The van der Waals surface area contributed by atoms with Crippen molar-refractivity contribution >= 4 is 14.3 Å². The van der Waals surface area contributed by atoms with Gasteiger partial charge in [-0.05, 0) is 42.6 Å². The van der Waals surface area contributed by atoms with Gasteiger partial charge in [0, 0.05) is 18.3 Å². The highest BCUT2D eigenvalue weighted by Gasteiger charge is 2.55. The Morgan fingerprint density at radius 2 is 1.86 bits per heavy atom. The summed E-state index contributed by atoms with van der Waals surface area (Å²) in [7, 11) is -0.718. The minimum Gasteiger partial charge on any atom is -0.463 e. The number of esters is 1. The van der Waals surface area contributed by atoms with Crippen LogP contribution >= 0.6 is 0 Å². The fourth-order valence-electron chi connectivity index (χ4n) is 4.17. The highest BCUT2D eigenvalue weighted by Crippen LogP contribution is 2.53. The van der Waals surface area contributed by atoms with E-state index < -0.39 is 20.1 Å². The highest BCUT2D eigenvalue weighted by atomic mass is 28.4. The second kappa shape index (κ2) is 7.67. The van der Waals surface area contributed by atoms with Gasteiger partial charge in [-0.15, -0.1) is 0 Å². The zero-order valence-electron chi connectivity index (χ0n) is 18.1. The summed E-state index contributed by atoms with van der Waals surface area (Å²) in [5.74, 6) is -0.642. The van der Waals surface area contributed by atoms with E-state index in [1.807, 2.05) is 12.1 Å². The first-order valence-corrected chi connectivity index (χ1v) is 13.2. The molecular weight excluding hydrogens is 368 g/mol. The van der Waals surface area contributed by atoms with Crippen molar-refractivity contribution in [3.8, 4) is 0 Å². The lowest BCUT2D eigenvalue weighted by atomic mass is 9.71. The van der Waals surface area contributed by atoms with E-state index in [0.717, 1.165) is 25.7 Å². The topological polar surface area (TPSA) is 44.8 Å². The summed E-state index contributed by atoms with van der Waals surface area (Å²) in [6.07, 6.45) is 5.98. The second-order valence-corrected chi connectivity index (χ2v) is 14.3. The molecule has 4 nitrogen and oxygen atoms in total. The number of fused-ring (bicyclic) bond motifs is 1. The van der Waals surface area contributed by atoms with Crippen molar-refractivity contribution in [2.24, 2.45) is 5.92 Å². The molecule has 154 valence electrons. The molecule has 1 aliphatic carbocycles. The summed E-state index contributed by atoms with van der Waals surface area (Å²) >= 11 is 0. The number of carbonyl (C=O) groups excluding carboxylic acids is 1. The van der Waals surface area contributed by atoms with Crippen LogP contribution in [0.1, 0.15) is 57.9 Å². The molecule has 0 saturated heterocycles. The van der Waals surface area contributed by atoms with Crippen molar-refractivity contribution in [3.05, 3.63) is 47.7 Å². The van der Waals surface area contributed by atoms with E-state index in [0.29, 0.717) is 0 Å². The molecule has 2 aliphatic rings. The molecule has 1 aliphatic heterocycles. The fourth-order valence-corrected chi connectivity index (χ4v) is 5.63. The second-order valence-electron chi connectivity index (χ2n) is 9.59. The molecule has 0 spiro atoms. The summed E-state index contributed by atoms with van der Waals surface area (Å²) in [5.41, 5.74) is 1.20. The Hall–Kier alpha value is -1.59. The van der Waals surface area contributed by atoms with E-state index in [-0.39, 0.29) is 22.6 Å². The van der Waals surface area contributed by atoms with Gasteiger partial charge >= 0.3 is 5.97 Å². The molecular formula is C23H34O4Si. The summed E-state index contributed by atoms with van der Waals surface area (Å²) in [5, 5.41) is 0.0575. The third-order valence-corrected chi connectivity index (χ3v) is 11.2. The minimum absolute atomic E-state index is 0.0575. The average molecular weight is 403 g/mol. The Morgan fingerprint density at radius 3 is 2.46 bits per heavy atom. The SMILES string of the molecule is COC(=O)C1=C[C@@H](c2ccccc2)[C@H]2CCCC[C@@]2(O[Si](C)(C)C(C)(C)C)O1. The Labute approximate surface area is 170 Å². The van der Waals surface area contributed by atoms with Crippen LogP contribution in [-0.2, 0) is 18.7 Å². The molecule has 0 aromatic heterocycles. The molecule has 0 radical (unpaired) electrons. The molecule has 0 bridgehead atoms. The first-order chi connectivity index (χ1) is 13.1. The van der Waals surface area contributed by atoms with Gasteiger partial charge in [0.1, 0.15) is 0 Å². The quantitative estimate of drug-likeness (QED) is 0.474. The Kier molecular flexibility index (Phi) is 5.79. The highest BCUT2D eigenvalue weighted by molar-refractivity contribution is 6.74. The third kappa shape index (κ3) is 3.92. The first-order valence-electron chi connectivity index (χ1n) is 10.3. The number of rotatable bonds is 4. The summed E-state index contributed by atoms with van der Waals surface area (Å²) in [6, 6.07) is 10.4. The van der Waals surface area contributed by atoms with Crippen molar-refractivity contribution in [2.75, 3.05) is 7.11 Å². The van der Waals surface area contributed by atoms with Crippen LogP contribution in [0.15, 0.2) is 42.2 Å². The molecule has 3 rings (SSSR count). The van der Waals surface area contributed by atoms with E-state index in [4.69, 9.17) is 13.9 Å². The molecule has 0 N–H and O–H groups in total. The van der Waals surface area contributed by atoms with E-state index in [1.54, 1.807) is 0 Å². The smallest absolute Gasteiger partial charge is 0.373 e. The molecule has 1 heterocycles. The maximum absolute atomic E-state index is 12.5. The van der Waals surface area contributed by atoms with Crippen LogP contribution in [0.4, 0.5) is 0 Å². The number of allylic oxidation sites excluding steroid dienone is 1. The van der Waals surface area contributed by atoms with Gasteiger partial charge in [-0.25, -0.2) is 4.79 Å². The lowest BCUT2D eigenvalue weighted by Crippen LogP contribution is -2.58. The molecule has 5 heteroatoms. The van der Waals surface area contributed by atoms with Gasteiger partial charge < -0.3 is 13.9 Å². The fraction of sp³-hybridized carbons (Fsp3) is 0.609. The molecule has 0 unspecified atom stereocenters. The van der Waals surface area contributed by atoms with E-state index in [9.17, 15) is 4.79 Å². The average Bonchev–Trinajstić information content (AvgIpc) is 2.65. The molecule has 1 fully saturated rings. The maximum Gasteiger partial charge on any atom is 0.373 e. The van der Waals surface area contributed by atoms with Crippen molar-refractivity contribution in [1.82, 2.24) is 0 Å². The number of hydrogen-bond donors (Lipinski definition) is 0. The van der Waals surface area contributed by atoms with Crippen molar-refractivity contribution in [1.29, 1.82) is 0 Å². The predicted octanol–water partition coefficient (Wildman–Crippen LogP) is 5.77. The number of carbonyl (C=O) groups is 1. The van der Waals surface area contributed by atoms with Crippen LogP contribution in [0, 0.1) is 5.92 Å². The van der Waals surface area contributed by atoms with Crippen LogP contribution in [0.5, 0.6) is 0 Å². The third-order valence-electron chi connectivity index (χ3n) is 6.71. The van der Waals surface area contributed by atoms with E-state index in [1.165, 1.54) is 12.7 Å². The number of hydrogen-bond acceptors (Lipinski definition) is 4. The van der Waals surface area contributed by atoms with E-state index >= 15 is 0 Å². The van der Waals surface area contributed by atoms with Gasteiger partial charge in [-0.1, -0.05) is 57.5 Å². The van der Waals surface area contributed by atoms with Gasteiger partial charge in [0.15, 0.2) is 8.32 Å². The standard InChI is InChI=1S/C23H34O4Si/c1-22(2,3)28(5,6)27-23-15-11-10-14-19(23)18(17-12-8-7-9-13-17)16-20(26-23)21(24)25-4/h7-9,12-13,16,18-19H,10-11,14-15H2,1-6H3/t18-,19+,23-/m0/s1. The van der Waals surface area contributed by atoms with Gasteiger partial charge in [0.2, 0.25) is 11.5 Å². The van der Waals surface area contributed by atoms with Crippen molar-refractivity contribution in [2.45, 2.75) is 76.3 Å². The zero-order valence-corrected chi connectivity index (χ0v) is 19.1. The first kappa shape index (κ1) is 21.1. The van der Waals surface area contributed by atoms with Crippen molar-refractivity contribution in [3.63, 3.8) is 0 Å². The number of methoxy groups -OCH3 is 1. The Morgan fingerprint density at radius 1 is 1.18 bits per heavy atom. The summed E-state index contributed by atoms with van der Waals surface area (Å²) in [6.45, 7) is 11.2. The largest absolute Gasteiger partial charge is 0.463 e. The van der Waals surface area contributed by atoms with Crippen LogP contribution in [0.2, 0.25) is 18.1 Å². The monoisotopic (exact) mass is 402 g/mol. The minimum atomic E-state index is -2.12. The molecule has 3 atom stereocenters. The van der Waals surface area contributed by atoms with Gasteiger partial charge in [-0.2, -0.15) is 0 Å². The maximum atomic E-state index is 12.5.